The van der Waals surface area contributed by atoms with Crippen LogP contribution in [0.5, 0.6) is 0 Å². The van der Waals surface area contributed by atoms with Gasteiger partial charge in [-0.25, -0.2) is 9.78 Å². The normalized spacial score (nSPS) is 19.1. The Labute approximate surface area is 179 Å². The molecule has 3 N–H and O–H groups in total. The van der Waals surface area contributed by atoms with E-state index in [0.29, 0.717) is 49.0 Å². The minimum absolute atomic E-state index is 0.0577. The number of halogens is 1. The molecule has 0 saturated carbocycles. The van der Waals surface area contributed by atoms with Crippen molar-refractivity contribution in [2.45, 2.75) is 51.7 Å². The molecule has 3 heterocycles. The van der Waals surface area contributed by atoms with Gasteiger partial charge in [-0.05, 0) is 19.3 Å². The minimum Gasteiger partial charge on any atom is -0.476 e. The maximum Gasteiger partial charge on any atom is 0.358 e. The van der Waals surface area contributed by atoms with E-state index in [2.05, 4.69) is 20.3 Å². The number of hydrogen-bond donors (Lipinski definition) is 3. The van der Waals surface area contributed by atoms with E-state index in [1.54, 1.807) is 7.11 Å². The number of nitrogens with zero attached hydrogens (tertiary/aromatic N) is 3. The number of imidazole rings is 1. The number of piperidine rings is 1. The third kappa shape index (κ3) is 4.59. The molecule has 0 bridgehead atoms. The molecule has 1 saturated heterocycles. The maximum absolute atomic E-state index is 12.6. The Kier molecular flexibility index (Phi) is 6.99. The summed E-state index contributed by atoms with van der Waals surface area (Å²) in [6.07, 6.45) is 2.12. The van der Waals surface area contributed by atoms with Crippen molar-refractivity contribution >= 4 is 29.5 Å². The molecule has 1 fully saturated rings. The van der Waals surface area contributed by atoms with Crippen LogP contribution in [0.15, 0.2) is 4.42 Å². The SMILES string of the molecule is CCCc1oc(N2CC[C@@H](NC(=O)c3nc(Cl)c(CC)[nH]3)[C@@H](OC)C2)nc1C(=O)O. The summed E-state index contributed by atoms with van der Waals surface area (Å²) in [6.45, 7) is 4.78. The van der Waals surface area contributed by atoms with Crippen molar-refractivity contribution in [2.75, 3.05) is 25.1 Å². The molecule has 0 spiro atoms. The quantitative estimate of drug-likeness (QED) is 0.570. The monoisotopic (exact) mass is 439 g/mol. The predicted molar refractivity (Wildman–Crippen MR) is 109 cm³/mol. The Balaban J connectivity index is 1.69. The van der Waals surface area contributed by atoms with E-state index in [9.17, 15) is 14.7 Å². The van der Waals surface area contributed by atoms with Gasteiger partial charge >= 0.3 is 5.97 Å². The second-order valence-corrected chi connectivity index (χ2v) is 7.48. The van der Waals surface area contributed by atoms with Crippen molar-refractivity contribution in [2.24, 2.45) is 0 Å². The molecule has 1 aliphatic rings. The summed E-state index contributed by atoms with van der Waals surface area (Å²) >= 11 is 6.02. The van der Waals surface area contributed by atoms with Crippen LogP contribution >= 0.6 is 11.6 Å². The van der Waals surface area contributed by atoms with Crippen LogP contribution in [-0.4, -0.2) is 64.3 Å². The molecule has 30 heavy (non-hydrogen) atoms. The minimum atomic E-state index is -1.11. The molecule has 1 amide bonds. The molecule has 3 rings (SSSR count). The Hall–Kier alpha value is -2.59. The van der Waals surface area contributed by atoms with Crippen LogP contribution in [0.2, 0.25) is 5.15 Å². The molecule has 11 heteroatoms. The van der Waals surface area contributed by atoms with E-state index >= 15 is 0 Å². The van der Waals surface area contributed by atoms with E-state index in [1.807, 2.05) is 18.7 Å². The van der Waals surface area contributed by atoms with Gasteiger partial charge in [-0.15, -0.1) is 0 Å². The van der Waals surface area contributed by atoms with Crippen molar-refractivity contribution in [3.63, 3.8) is 0 Å². The zero-order chi connectivity index (χ0) is 21.8. The standard InChI is InChI=1S/C19H26ClN5O5/c1-4-6-12-14(18(27)28)23-19(30-12)25-8-7-11(13(9-25)29-3)22-17(26)16-21-10(5-2)15(20)24-16/h11,13H,4-9H2,1-3H3,(H,21,24)(H,22,26)(H,27,28)/t11-,13+/m1/s1. The number of nitrogens with one attached hydrogen (secondary N) is 2. The lowest BCUT2D eigenvalue weighted by Gasteiger charge is -2.37. The van der Waals surface area contributed by atoms with Crippen molar-refractivity contribution in [1.82, 2.24) is 20.3 Å². The summed E-state index contributed by atoms with van der Waals surface area (Å²) in [5.74, 6) is -0.933. The van der Waals surface area contributed by atoms with Gasteiger partial charge < -0.3 is 29.5 Å². The van der Waals surface area contributed by atoms with Gasteiger partial charge in [-0.1, -0.05) is 25.4 Å². The molecule has 2 aromatic heterocycles. The number of methoxy groups -OCH3 is 1. The Morgan fingerprint density at radius 3 is 2.77 bits per heavy atom. The van der Waals surface area contributed by atoms with Crippen LogP contribution in [0, 0.1) is 0 Å². The van der Waals surface area contributed by atoms with Crippen LogP contribution in [0.1, 0.15) is 59.3 Å². The van der Waals surface area contributed by atoms with Crippen LogP contribution in [0.4, 0.5) is 6.01 Å². The van der Waals surface area contributed by atoms with Crippen LogP contribution in [-0.2, 0) is 17.6 Å². The number of oxazole rings is 1. The smallest absolute Gasteiger partial charge is 0.358 e. The van der Waals surface area contributed by atoms with Gasteiger partial charge in [0.05, 0.1) is 24.4 Å². The highest BCUT2D eigenvalue weighted by Crippen LogP contribution is 2.25. The number of carboxylic acid groups (broad SMARTS) is 1. The number of carbonyl (C=O) groups excluding carboxylic acids is 1. The van der Waals surface area contributed by atoms with Gasteiger partial charge in [0.25, 0.3) is 11.9 Å². The summed E-state index contributed by atoms with van der Waals surface area (Å²) in [7, 11) is 1.56. The third-order valence-electron chi connectivity index (χ3n) is 5.11. The fourth-order valence-electron chi connectivity index (χ4n) is 3.50. The molecule has 0 radical (unpaired) electrons. The zero-order valence-electron chi connectivity index (χ0n) is 17.2. The second kappa shape index (κ2) is 9.48. The topological polar surface area (TPSA) is 134 Å². The van der Waals surface area contributed by atoms with E-state index in [4.69, 9.17) is 20.8 Å². The molecule has 0 unspecified atom stereocenters. The fourth-order valence-corrected chi connectivity index (χ4v) is 3.76. The number of aryl methyl sites for hydroxylation is 2. The highest BCUT2D eigenvalue weighted by molar-refractivity contribution is 6.30. The second-order valence-electron chi connectivity index (χ2n) is 7.12. The summed E-state index contributed by atoms with van der Waals surface area (Å²) in [6, 6.07) is 0.00445. The number of H-pyrrole nitrogens is 1. The van der Waals surface area contributed by atoms with Crippen LogP contribution in [0.25, 0.3) is 0 Å². The Bertz CT molecular complexity index is 911. The highest BCUT2D eigenvalue weighted by Gasteiger charge is 2.34. The lowest BCUT2D eigenvalue weighted by atomic mass is 10.0. The van der Waals surface area contributed by atoms with Crippen molar-refractivity contribution in [3.8, 4) is 0 Å². The summed E-state index contributed by atoms with van der Waals surface area (Å²) < 4.78 is 11.3. The van der Waals surface area contributed by atoms with E-state index in [1.165, 1.54) is 0 Å². The maximum atomic E-state index is 12.6. The molecule has 164 valence electrons. The first kappa shape index (κ1) is 22.1. The number of hydrogen-bond acceptors (Lipinski definition) is 7. The van der Waals surface area contributed by atoms with Gasteiger partial charge in [0.2, 0.25) is 0 Å². The number of rotatable bonds is 8. The highest BCUT2D eigenvalue weighted by atomic mass is 35.5. The first-order chi connectivity index (χ1) is 14.4. The Morgan fingerprint density at radius 2 is 2.17 bits per heavy atom. The average Bonchev–Trinajstić information content (AvgIpc) is 3.32. The predicted octanol–water partition coefficient (Wildman–Crippen LogP) is 2.29. The van der Waals surface area contributed by atoms with E-state index in [0.717, 1.165) is 6.42 Å². The van der Waals surface area contributed by atoms with Crippen molar-refractivity contribution in [1.29, 1.82) is 0 Å². The zero-order valence-corrected chi connectivity index (χ0v) is 18.0. The van der Waals surface area contributed by atoms with Crippen molar-refractivity contribution < 1.29 is 23.8 Å². The number of carbonyl (C=O) groups is 2. The number of anilines is 1. The number of aromatic amines is 1. The largest absolute Gasteiger partial charge is 0.476 e. The molecule has 0 aromatic carbocycles. The molecular formula is C19H26ClN5O5. The average molecular weight is 440 g/mol. The molecule has 0 aliphatic carbocycles. The molecule has 10 nitrogen and oxygen atoms in total. The molecule has 2 aromatic rings. The van der Waals surface area contributed by atoms with Gasteiger partial charge in [0.15, 0.2) is 16.7 Å². The summed E-state index contributed by atoms with van der Waals surface area (Å²) in [5, 5.41) is 12.6. The van der Waals surface area contributed by atoms with Gasteiger partial charge in [0.1, 0.15) is 5.76 Å². The first-order valence-electron chi connectivity index (χ1n) is 9.93. The van der Waals surface area contributed by atoms with E-state index < -0.39 is 5.97 Å². The van der Waals surface area contributed by atoms with Gasteiger partial charge in [0, 0.05) is 20.1 Å². The number of aromatic carboxylic acids is 1. The molecule has 1 aliphatic heterocycles. The van der Waals surface area contributed by atoms with Crippen molar-refractivity contribution in [3.05, 3.63) is 28.1 Å². The number of ether oxygens (including phenoxy) is 1. The number of carboxylic acids is 1. The van der Waals surface area contributed by atoms with E-state index in [-0.39, 0.29) is 35.6 Å². The fraction of sp³-hybridized carbons (Fsp3) is 0.579. The van der Waals surface area contributed by atoms with Crippen LogP contribution < -0.4 is 10.2 Å². The summed E-state index contributed by atoms with van der Waals surface area (Å²) in [4.78, 5) is 37.0. The molecule has 2 atom stereocenters. The lowest BCUT2D eigenvalue weighted by Crippen LogP contribution is -2.55. The van der Waals surface area contributed by atoms with Gasteiger partial charge in [-0.3, -0.25) is 4.79 Å². The number of amides is 1. The third-order valence-corrected chi connectivity index (χ3v) is 5.42. The van der Waals surface area contributed by atoms with Gasteiger partial charge in [-0.2, -0.15) is 4.98 Å². The first-order valence-corrected chi connectivity index (χ1v) is 10.3. The molecular weight excluding hydrogens is 414 g/mol. The number of aromatic nitrogens is 3. The summed E-state index contributed by atoms with van der Waals surface area (Å²) in [5.41, 5.74) is 0.651. The Morgan fingerprint density at radius 1 is 1.40 bits per heavy atom. The lowest BCUT2D eigenvalue weighted by molar-refractivity contribution is 0.0528. The van der Waals surface area contributed by atoms with Crippen LogP contribution in [0.3, 0.4) is 0 Å².